The van der Waals surface area contributed by atoms with E-state index in [0.29, 0.717) is 12.8 Å². The molecule has 6 heteroatoms. The zero-order valence-corrected chi connectivity index (χ0v) is 13.1. The van der Waals surface area contributed by atoms with Crippen molar-refractivity contribution in [2.24, 2.45) is 5.14 Å². The van der Waals surface area contributed by atoms with E-state index in [2.05, 4.69) is 5.32 Å². The molecule has 0 aliphatic carbocycles. The zero-order chi connectivity index (χ0) is 16.2. The molecule has 116 valence electrons. The first-order chi connectivity index (χ1) is 10.3. The first-order valence-corrected chi connectivity index (χ1v) is 8.37. The van der Waals surface area contributed by atoms with Crippen LogP contribution in [0.15, 0.2) is 53.4 Å². The molecule has 0 bridgehead atoms. The molecule has 0 aliphatic rings. The van der Waals surface area contributed by atoms with Gasteiger partial charge in [0.2, 0.25) is 15.9 Å². The Labute approximate surface area is 130 Å². The number of sulfonamides is 1. The number of aryl methyl sites for hydroxylation is 2. The quantitative estimate of drug-likeness (QED) is 0.885. The fraction of sp³-hybridized carbons (Fsp3) is 0.188. The van der Waals surface area contributed by atoms with Crippen molar-refractivity contribution in [3.05, 3.63) is 59.7 Å². The van der Waals surface area contributed by atoms with Crippen LogP contribution in [-0.4, -0.2) is 14.3 Å². The molecule has 3 N–H and O–H groups in total. The molecule has 2 aromatic carbocycles. The number of hydrogen-bond acceptors (Lipinski definition) is 3. The van der Waals surface area contributed by atoms with Gasteiger partial charge in [0.25, 0.3) is 0 Å². The summed E-state index contributed by atoms with van der Waals surface area (Å²) in [6.45, 7) is 1.96. The highest BCUT2D eigenvalue weighted by Crippen LogP contribution is 2.12. The van der Waals surface area contributed by atoms with Gasteiger partial charge in [-0.25, -0.2) is 13.6 Å². The minimum absolute atomic E-state index is 0.0699. The summed E-state index contributed by atoms with van der Waals surface area (Å²) in [4.78, 5) is 12.0. The van der Waals surface area contributed by atoms with Gasteiger partial charge in [-0.15, -0.1) is 0 Å². The number of amides is 1. The highest BCUT2D eigenvalue weighted by molar-refractivity contribution is 7.89. The number of carbonyl (C=O) groups excluding carboxylic acids is 1. The lowest BCUT2D eigenvalue weighted by atomic mass is 10.1. The maximum absolute atomic E-state index is 11.9. The van der Waals surface area contributed by atoms with Crippen molar-refractivity contribution < 1.29 is 13.2 Å². The van der Waals surface area contributed by atoms with E-state index < -0.39 is 10.0 Å². The second kappa shape index (κ2) is 6.72. The predicted octanol–water partition coefficient (Wildman–Crippen LogP) is 2.21. The summed E-state index contributed by atoms with van der Waals surface area (Å²) < 4.78 is 22.3. The Kier molecular flexibility index (Phi) is 4.95. The second-order valence-electron chi connectivity index (χ2n) is 5.11. The van der Waals surface area contributed by atoms with Gasteiger partial charge in [0.15, 0.2) is 0 Å². The Morgan fingerprint density at radius 2 is 1.82 bits per heavy atom. The zero-order valence-electron chi connectivity index (χ0n) is 12.2. The van der Waals surface area contributed by atoms with Crippen LogP contribution in [0.3, 0.4) is 0 Å². The highest BCUT2D eigenvalue weighted by atomic mass is 32.2. The second-order valence-corrected chi connectivity index (χ2v) is 6.67. The topological polar surface area (TPSA) is 89.3 Å². The summed E-state index contributed by atoms with van der Waals surface area (Å²) in [7, 11) is -3.67. The molecule has 0 fully saturated rings. The normalized spacial score (nSPS) is 11.2. The molecule has 0 saturated heterocycles. The standard InChI is InChI=1S/C16H18N2O3S/c1-12-3-2-4-14(11-12)18-16(19)10-7-13-5-8-15(9-6-13)22(17,20)21/h2-6,8-9,11H,7,10H2,1H3,(H,18,19)(H2,17,20,21). The van der Waals surface area contributed by atoms with E-state index in [9.17, 15) is 13.2 Å². The number of anilines is 1. The van der Waals surface area contributed by atoms with Crippen LogP contribution in [0, 0.1) is 6.92 Å². The fourth-order valence-corrected chi connectivity index (χ4v) is 2.57. The molecule has 0 spiro atoms. The van der Waals surface area contributed by atoms with Crippen molar-refractivity contribution in [1.29, 1.82) is 0 Å². The maximum atomic E-state index is 11.9. The maximum Gasteiger partial charge on any atom is 0.238 e. The van der Waals surface area contributed by atoms with Crippen LogP contribution in [0.1, 0.15) is 17.5 Å². The molecule has 0 heterocycles. The van der Waals surface area contributed by atoms with E-state index in [1.165, 1.54) is 12.1 Å². The average molecular weight is 318 g/mol. The number of primary sulfonamides is 1. The lowest BCUT2D eigenvalue weighted by Crippen LogP contribution is -2.13. The van der Waals surface area contributed by atoms with Gasteiger partial charge in [-0.1, -0.05) is 24.3 Å². The fourth-order valence-electron chi connectivity index (χ4n) is 2.05. The Balaban J connectivity index is 1.91. The Bertz CT molecular complexity index is 768. The van der Waals surface area contributed by atoms with E-state index in [1.807, 2.05) is 31.2 Å². The van der Waals surface area contributed by atoms with Crippen molar-refractivity contribution in [1.82, 2.24) is 0 Å². The number of nitrogens with two attached hydrogens (primary N) is 1. The third kappa shape index (κ3) is 4.68. The molecule has 0 atom stereocenters. The van der Waals surface area contributed by atoms with Crippen LogP contribution in [-0.2, 0) is 21.2 Å². The van der Waals surface area contributed by atoms with E-state index in [1.54, 1.807) is 12.1 Å². The molecule has 0 aromatic heterocycles. The van der Waals surface area contributed by atoms with Gasteiger partial charge in [-0.05, 0) is 48.7 Å². The van der Waals surface area contributed by atoms with Crippen molar-refractivity contribution in [2.75, 3.05) is 5.32 Å². The molecule has 1 amide bonds. The van der Waals surface area contributed by atoms with E-state index in [-0.39, 0.29) is 10.8 Å². The van der Waals surface area contributed by atoms with E-state index >= 15 is 0 Å². The smallest absolute Gasteiger partial charge is 0.238 e. The lowest BCUT2D eigenvalue weighted by molar-refractivity contribution is -0.116. The summed E-state index contributed by atoms with van der Waals surface area (Å²) in [5.41, 5.74) is 2.73. The first-order valence-electron chi connectivity index (χ1n) is 6.83. The van der Waals surface area contributed by atoms with Gasteiger partial charge in [-0.2, -0.15) is 0 Å². The van der Waals surface area contributed by atoms with Gasteiger partial charge < -0.3 is 5.32 Å². The molecule has 0 unspecified atom stereocenters. The number of carbonyl (C=O) groups is 1. The molecule has 0 aliphatic heterocycles. The monoisotopic (exact) mass is 318 g/mol. The number of hydrogen-bond donors (Lipinski definition) is 2. The number of rotatable bonds is 5. The first kappa shape index (κ1) is 16.2. The summed E-state index contributed by atoms with van der Waals surface area (Å²) in [5, 5.41) is 7.87. The minimum atomic E-state index is -3.67. The molecule has 5 nitrogen and oxygen atoms in total. The van der Waals surface area contributed by atoms with Crippen LogP contribution in [0.25, 0.3) is 0 Å². The number of benzene rings is 2. The average Bonchev–Trinajstić information content (AvgIpc) is 2.45. The minimum Gasteiger partial charge on any atom is -0.326 e. The van der Waals surface area contributed by atoms with Crippen LogP contribution in [0.5, 0.6) is 0 Å². The largest absolute Gasteiger partial charge is 0.326 e. The summed E-state index contributed by atoms with van der Waals surface area (Å²) in [6, 6.07) is 13.8. The molecule has 22 heavy (non-hydrogen) atoms. The lowest BCUT2D eigenvalue weighted by Gasteiger charge is -2.06. The molecule has 0 saturated carbocycles. The van der Waals surface area contributed by atoms with Crippen LogP contribution in [0.2, 0.25) is 0 Å². The molecule has 2 aromatic rings. The SMILES string of the molecule is Cc1cccc(NC(=O)CCc2ccc(S(N)(=O)=O)cc2)c1. The van der Waals surface area contributed by atoms with Crippen molar-refractivity contribution in [3.8, 4) is 0 Å². The molecule has 2 rings (SSSR count). The Morgan fingerprint density at radius 3 is 2.41 bits per heavy atom. The van der Waals surface area contributed by atoms with E-state index in [4.69, 9.17) is 5.14 Å². The van der Waals surface area contributed by atoms with Gasteiger partial charge in [0.05, 0.1) is 4.90 Å². The van der Waals surface area contributed by atoms with Gasteiger partial charge >= 0.3 is 0 Å². The molecule has 0 radical (unpaired) electrons. The van der Waals surface area contributed by atoms with Gasteiger partial charge in [-0.3, -0.25) is 4.79 Å². The van der Waals surface area contributed by atoms with Crippen molar-refractivity contribution >= 4 is 21.6 Å². The van der Waals surface area contributed by atoms with E-state index in [0.717, 1.165) is 16.8 Å². The third-order valence-electron chi connectivity index (χ3n) is 3.19. The van der Waals surface area contributed by atoms with Crippen LogP contribution >= 0.6 is 0 Å². The third-order valence-corrected chi connectivity index (χ3v) is 4.12. The number of nitrogens with one attached hydrogen (secondary N) is 1. The molecular formula is C16H18N2O3S. The summed E-state index contributed by atoms with van der Waals surface area (Å²) in [6.07, 6.45) is 0.852. The van der Waals surface area contributed by atoms with Gasteiger partial charge in [0, 0.05) is 12.1 Å². The van der Waals surface area contributed by atoms with Gasteiger partial charge in [0.1, 0.15) is 0 Å². The predicted molar refractivity (Wildman–Crippen MR) is 85.9 cm³/mol. The Morgan fingerprint density at radius 1 is 1.14 bits per heavy atom. The summed E-state index contributed by atoms with van der Waals surface area (Å²) in [5.74, 6) is -0.0823. The van der Waals surface area contributed by atoms with Crippen molar-refractivity contribution in [2.45, 2.75) is 24.7 Å². The highest BCUT2D eigenvalue weighted by Gasteiger charge is 2.08. The Hall–Kier alpha value is -2.18. The van der Waals surface area contributed by atoms with Crippen LogP contribution < -0.4 is 10.5 Å². The van der Waals surface area contributed by atoms with Crippen molar-refractivity contribution in [3.63, 3.8) is 0 Å². The summed E-state index contributed by atoms with van der Waals surface area (Å²) >= 11 is 0. The van der Waals surface area contributed by atoms with Crippen LogP contribution in [0.4, 0.5) is 5.69 Å². The molecular weight excluding hydrogens is 300 g/mol.